The van der Waals surface area contributed by atoms with Crippen LogP contribution in [0.3, 0.4) is 0 Å². The third kappa shape index (κ3) is 4.63. The van der Waals surface area contributed by atoms with Crippen molar-refractivity contribution < 1.29 is 4.79 Å². The Bertz CT molecular complexity index is 1100. The van der Waals surface area contributed by atoms with Gasteiger partial charge in [0.1, 0.15) is 11.6 Å². The summed E-state index contributed by atoms with van der Waals surface area (Å²) in [4.78, 5) is 23.0. The van der Waals surface area contributed by atoms with Gasteiger partial charge in [0, 0.05) is 31.1 Å². The van der Waals surface area contributed by atoms with Gasteiger partial charge in [0.25, 0.3) is 0 Å². The van der Waals surface area contributed by atoms with Crippen molar-refractivity contribution in [3.05, 3.63) is 58.9 Å². The molecule has 1 aliphatic heterocycles. The van der Waals surface area contributed by atoms with Crippen LogP contribution in [0.15, 0.2) is 36.4 Å². The van der Waals surface area contributed by atoms with Gasteiger partial charge in [0.2, 0.25) is 5.91 Å². The second-order valence-electron chi connectivity index (χ2n) is 8.72. The molecule has 6 heteroatoms. The third-order valence-corrected chi connectivity index (χ3v) is 6.22. The fourth-order valence-corrected chi connectivity index (χ4v) is 4.54. The fraction of sp³-hybridized carbons (Fsp3) is 0.400. The van der Waals surface area contributed by atoms with E-state index in [1.165, 1.54) is 5.56 Å². The number of carbonyl (C=O) groups is 1. The second kappa shape index (κ2) is 8.53. The van der Waals surface area contributed by atoms with Gasteiger partial charge in [0.15, 0.2) is 0 Å². The minimum absolute atomic E-state index is 0.0576. The van der Waals surface area contributed by atoms with Gasteiger partial charge in [-0.3, -0.25) is 4.79 Å². The molecule has 2 aromatic carbocycles. The molecular formula is C25H31N5O. The molecule has 1 aromatic heterocycles. The number of nitrogens with zero attached hydrogens (tertiary/aromatic N) is 3. The molecule has 3 aromatic rings. The molecule has 0 aliphatic carbocycles. The predicted octanol–water partition coefficient (Wildman–Crippen LogP) is 4.73. The van der Waals surface area contributed by atoms with Crippen molar-refractivity contribution >= 4 is 28.3 Å². The highest BCUT2D eigenvalue weighted by Gasteiger charge is 2.22. The number of hydrogen-bond acceptors (Lipinski definition) is 5. The van der Waals surface area contributed by atoms with Gasteiger partial charge in [-0.2, -0.15) is 0 Å². The van der Waals surface area contributed by atoms with Crippen molar-refractivity contribution in [2.75, 3.05) is 24.1 Å². The molecule has 31 heavy (non-hydrogen) atoms. The van der Waals surface area contributed by atoms with Crippen molar-refractivity contribution in [2.45, 2.75) is 52.5 Å². The normalized spacial score (nSPS) is 15.8. The Morgan fingerprint density at radius 1 is 1.13 bits per heavy atom. The van der Waals surface area contributed by atoms with E-state index in [4.69, 9.17) is 10.7 Å². The SMILES string of the molecule is CC(=O)N1CCC(c2ccc3nc(C)nc(N[C@H](C)c4cc(C)cc(N)c4)c3c2)CC1. The van der Waals surface area contributed by atoms with Crippen LogP contribution in [0.25, 0.3) is 10.9 Å². The summed E-state index contributed by atoms with van der Waals surface area (Å²) in [5.74, 6) is 2.20. The number of aromatic nitrogens is 2. The van der Waals surface area contributed by atoms with E-state index >= 15 is 0 Å². The summed E-state index contributed by atoms with van der Waals surface area (Å²) < 4.78 is 0. The Balaban J connectivity index is 1.63. The molecule has 2 heterocycles. The number of carbonyl (C=O) groups excluding carboxylic acids is 1. The van der Waals surface area contributed by atoms with Gasteiger partial charge in [-0.15, -0.1) is 0 Å². The van der Waals surface area contributed by atoms with Crippen molar-refractivity contribution in [2.24, 2.45) is 0 Å². The van der Waals surface area contributed by atoms with Crippen molar-refractivity contribution in [3.63, 3.8) is 0 Å². The minimum Gasteiger partial charge on any atom is -0.399 e. The molecule has 0 bridgehead atoms. The van der Waals surface area contributed by atoms with Crippen LogP contribution in [0.4, 0.5) is 11.5 Å². The summed E-state index contributed by atoms with van der Waals surface area (Å²) in [6.45, 7) is 9.39. The van der Waals surface area contributed by atoms with E-state index in [2.05, 4.69) is 48.4 Å². The van der Waals surface area contributed by atoms with Gasteiger partial charge in [-0.1, -0.05) is 12.1 Å². The van der Waals surface area contributed by atoms with E-state index in [0.717, 1.165) is 65.3 Å². The number of anilines is 2. The summed E-state index contributed by atoms with van der Waals surface area (Å²) in [5, 5.41) is 4.62. The Kier molecular flexibility index (Phi) is 5.81. The fourth-order valence-electron chi connectivity index (χ4n) is 4.54. The van der Waals surface area contributed by atoms with Crippen LogP contribution in [-0.4, -0.2) is 33.9 Å². The molecule has 1 aliphatic rings. The largest absolute Gasteiger partial charge is 0.399 e. The van der Waals surface area contributed by atoms with E-state index in [1.807, 2.05) is 24.0 Å². The molecule has 1 atom stereocenters. The number of hydrogen-bond donors (Lipinski definition) is 2. The molecule has 162 valence electrons. The van der Waals surface area contributed by atoms with Crippen LogP contribution in [0, 0.1) is 13.8 Å². The molecule has 0 radical (unpaired) electrons. The molecular weight excluding hydrogens is 386 g/mol. The molecule has 1 fully saturated rings. The molecule has 0 saturated carbocycles. The first-order chi connectivity index (χ1) is 14.8. The number of nitrogen functional groups attached to an aromatic ring is 1. The molecule has 6 nitrogen and oxygen atoms in total. The van der Waals surface area contributed by atoms with Crippen LogP contribution in [0.2, 0.25) is 0 Å². The first kappa shape index (κ1) is 21.1. The Labute approximate surface area is 183 Å². The maximum atomic E-state index is 11.6. The lowest BCUT2D eigenvalue weighted by atomic mass is 9.88. The van der Waals surface area contributed by atoms with E-state index in [0.29, 0.717) is 5.92 Å². The second-order valence-corrected chi connectivity index (χ2v) is 8.72. The summed E-state index contributed by atoms with van der Waals surface area (Å²) in [6, 6.07) is 12.7. The van der Waals surface area contributed by atoms with Crippen molar-refractivity contribution in [1.29, 1.82) is 0 Å². The zero-order valence-electron chi connectivity index (χ0n) is 18.8. The van der Waals surface area contributed by atoms with Crippen molar-refractivity contribution in [1.82, 2.24) is 14.9 Å². The molecule has 0 unspecified atom stereocenters. The standard InChI is InChI=1S/C25H31N5O/c1-15-11-21(13-22(26)12-15)16(2)27-25-23-14-20(5-6-24(23)28-17(3)29-25)19-7-9-30(10-8-19)18(4)31/h5-6,11-14,16,19H,7-10,26H2,1-4H3,(H,27,28,29)/t16-/m1/s1. The quantitative estimate of drug-likeness (QED) is 0.600. The number of benzene rings is 2. The zero-order chi connectivity index (χ0) is 22.1. The van der Waals surface area contributed by atoms with Crippen LogP contribution >= 0.6 is 0 Å². The maximum absolute atomic E-state index is 11.6. The monoisotopic (exact) mass is 417 g/mol. The lowest BCUT2D eigenvalue weighted by Crippen LogP contribution is -2.36. The van der Waals surface area contributed by atoms with Gasteiger partial charge >= 0.3 is 0 Å². The Hall–Kier alpha value is -3.15. The maximum Gasteiger partial charge on any atom is 0.219 e. The number of nitrogens with two attached hydrogens (primary N) is 1. The highest BCUT2D eigenvalue weighted by Crippen LogP contribution is 2.33. The lowest BCUT2D eigenvalue weighted by Gasteiger charge is -2.31. The smallest absolute Gasteiger partial charge is 0.219 e. The van der Waals surface area contributed by atoms with Crippen LogP contribution < -0.4 is 11.1 Å². The summed E-state index contributed by atoms with van der Waals surface area (Å²) in [6.07, 6.45) is 1.97. The predicted molar refractivity (Wildman–Crippen MR) is 126 cm³/mol. The minimum atomic E-state index is 0.0576. The number of amides is 1. The van der Waals surface area contributed by atoms with Gasteiger partial charge in [-0.25, -0.2) is 9.97 Å². The average Bonchev–Trinajstić information content (AvgIpc) is 2.72. The Morgan fingerprint density at radius 2 is 1.87 bits per heavy atom. The summed E-state index contributed by atoms with van der Waals surface area (Å²) in [5.41, 5.74) is 11.3. The molecule has 3 N–H and O–H groups in total. The topological polar surface area (TPSA) is 84.1 Å². The molecule has 4 rings (SSSR count). The average molecular weight is 418 g/mol. The number of rotatable bonds is 4. The zero-order valence-corrected chi connectivity index (χ0v) is 18.8. The van der Waals surface area contributed by atoms with Crippen molar-refractivity contribution in [3.8, 4) is 0 Å². The van der Waals surface area contributed by atoms with E-state index in [1.54, 1.807) is 6.92 Å². The summed E-state index contributed by atoms with van der Waals surface area (Å²) >= 11 is 0. The van der Waals surface area contributed by atoms with E-state index in [9.17, 15) is 4.79 Å². The van der Waals surface area contributed by atoms with Gasteiger partial charge in [-0.05, 0) is 80.5 Å². The first-order valence-corrected chi connectivity index (χ1v) is 11.0. The van der Waals surface area contributed by atoms with Crippen LogP contribution in [0.5, 0.6) is 0 Å². The van der Waals surface area contributed by atoms with Crippen LogP contribution in [-0.2, 0) is 4.79 Å². The molecule has 1 amide bonds. The highest BCUT2D eigenvalue weighted by atomic mass is 16.2. The van der Waals surface area contributed by atoms with E-state index < -0.39 is 0 Å². The third-order valence-electron chi connectivity index (χ3n) is 6.22. The number of aryl methyl sites for hydroxylation is 2. The molecule has 0 spiro atoms. The summed E-state index contributed by atoms with van der Waals surface area (Å²) in [7, 11) is 0. The molecule has 1 saturated heterocycles. The highest BCUT2D eigenvalue weighted by molar-refractivity contribution is 5.90. The van der Waals surface area contributed by atoms with Crippen LogP contribution in [0.1, 0.15) is 61.2 Å². The lowest BCUT2D eigenvalue weighted by molar-refractivity contribution is -0.129. The van der Waals surface area contributed by atoms with E-state index in [-0.39, 0.29) is 11.9 Å². The van der Waals surface area contributed by atoms with Gasteiger partial charge in [0.05, 0.1) is 11.6 Å². The number of likely N-dealkylation sites (tertiary alicyclic amines) is 1. The number of piperidine rings is 1. The number of fused-ring (bicyclic) bond motifs is 1. The first-order valence-electron chi connectivity index (χ1n) is 11.0. The number of nitrogens with one attached hydrogen (secondary N) is 1. The van der Waals surface area contributed by atoms with Gasteiger partial charge < -0.3 is 16.0 Å². The Morgan fingerprint density at radius 3 is 2.55 bits per heavy atom.